The van der Waals surface area contributed by atoms with Gasteiger partial charge in [-0.2, -0.15) is 0 Å². The number of methoxy groups -OCH3 is 1. The fourth-order valence-electron chi connectivity index (χ4n) is 5.94. The Balaban J connectivity index is 0.00000423. The molecule has 0 saturated carbocycles. The number of carbonyl (C=O) groups excluding carboxylic acids is 1. The number of benzene rings is 2. The molecule has 1 fully saturated rings. The fraction of sp³-hybridized carbons (Fsp3) is 0.424. The SMILES string of the molecule is COc1ccc(C(C)(C)C)cc1NC(=O)NC1CCC(Oc2ccc(=N)n(C(=N)[C@@H]3CCCN3C)c2)c2ccccc21.Cl. The van der Waals surface area contributed by atoms with Crippen LogP contribution in [0.25, 0.3) is 0 Å². The van der Waals surface area contributed by atoms with Crippen molar-refractivity contribution >= 4 is 30.0 Å². The van der Waals surface area contributed by atoms with E-state index in [2.05, 4.69) is 36.3 Å². The second kappa shape index (κ2) is 13.2. The van der Waals surface area contributed by atoms with Crippen molar-refractivity contribution in [3.05, 3.63) is 83.0 Å². The number of nitrogens with one attached hydrogen (secondary N) is 4. The number of hydrogen-bond donors (Lipinski definition) is 4. The smallest absolute Gasteiger partial charge is 0.319 e. The molecule has 2 aliphatic rings. The van der Waals surface area contributed by atoms with Crippen molar-refractivity contribution < 1.29 is 14.3 Å². The standard InChI is InChI=1S/C33H42N6O3.ClH/c1-33(2,3)21-12-15-29(41-5)26(19-21)37-32(40)36-25-14-16-28(24-10-7-6-9-23(24)25)42-22-13-17-30(34)39(20-22)31(35)27-11-8-18-38(27)4;/h6-7,9-10,12-13,15,17,19-20,25,27-28,34-35H,8,11,14,16,18H2,1-5H3,(H2,36,37,40);1H/t25?,27-,28?;/m0./s1. The molecule has 2 heterocycles. The van der Waals surface area contributed by atoms with E-state index in [0.717, 1.165) is 36.1 Å². The molecule has 1 aromatic heterocycles. The van der Waals surface area contributed by atoms with Crippen molar-refractivity contribution in [3.8, 4) is 11.5 Å². The number of rotatable bonds is 6. The van der Waals surface area contributed by atoms with Gasteiger partial charge in [0.05, 0.1) is 31.1 Å². The van der Waals surface area contributed by atoms with Crippen LogP contribution >= 0.6 is 12.4 Å². The Kier molecular flexibility index (Phi) is 9.87. The molecule has 2 amide bonds. The number of hydrogen-bond acceptors (Lipinski definition) is 6. The zero-order valence-corrected chi connectivity index (χ0v) is 26.4. The highest BCUT2D eigenvalue weighted by Gasteiger charge is 2.30. The summed E-state index contributed by atoms with van der Waals surface area (Å²) in [6.07, 6.45) is 4.93. The predicted molar refractivity (Wildman–Crippen MR) is 172 cm³/mol. The molecule has 3 aromatic rings. The third-order valence-electron chi connectivity index (χ3n) is 8.35. The van der Waals surface area contributed by atoms with Crippen LogP contribution in [0.1, 0.15) is 75.3 Å². The first kappa shape index (κ1) is 32.1. The molecule has 5 rings (SSSR count). The summed E-state index contributed by atoms with van der Waals surface area (Å²) in [7, 11) is 3.63. The number of urea groups is 1. The Hall–Kier alpha value is -3.82. The lowest BCUT2D eigenvalue weighted by molar-refractivity contribution is 0.171. The number of fused-ring (bicyclic) bond motifs is 1. The Morgan fingerprint density at radius 3 is 2.44 bits per heavy atom. The number of aromatic nitrogens is 1. The number of nitrogens with zero attached hydrogens (tertiary/aromatic N) is 2. The maximum atomic E-state index is 13.2. The predicted octanol–water partition coefficient (Wildman–Crippen LogP) is 6.39. The third-order valence-corrected chi connectivity index (χ3v) is 8.35. The van der Waals surface area contributed by atoms with Crippen LogP contribution in [0.2, 0.25) is 0 Å². The summed E-state index contributed by atoms with van der Waals surface area (Å²) in [5, 5.41) is 23.3. The van der Waals surface area contributed by atoms with Gasteiger partial charge >= 0.3 is 6.03 Å². The summed E-state index contributed by atoms with van der Waals surface area (Å²) in [6, 6.07) is 16.9. The van der Waals surface area contributed by atoms with E-state index < -0.39 is 0 Å². The highest BCUT2D eigenvalue weighted by Crippen LogP contribution is 2.39. The molecule has 1 aliphatic heterocycles. The summed E-state index contributed by atoms with van der Waals surface area (Å²) in [5.74, 6) is 1.62. The average molecular weight is 607 g/mol. The second-order valence-corrected chi connectivity index (χ2v) is 12.3. The molecule has 1 saturated heterocycles. The molecule has 2 aromatic carbocycles. The van der Waals surface area contributed by atoms with E-state index in [9.17, 15) is 4.79 Å². The maximum absolute atomic E-state index is 13.2. The third kappa shape index (κ3) is 7.05. The van der Waals surface area contributed by atoms with Crippen molar-refractivity contribution in [2.24, 2.45) is 0 Å². The minimum Gasteiger partial charge on any atom is -0.495 e. The Morgan fingerprint density at radius 1 is 1.02 bits per heavy atom. The summed E-state index contributed by atoms with van der Waals surface area (Å²) in [4.78, 5) is 15.4. The lowest BCUT2D eigenvalue weighted by Gasteiger charge is -2.32. The number of halogens is 1. The number of pyridine rings is 1. The molecule has 9 nitrogen and oxygen atoms in total. The number of likely N-dealkylation sites (N-methyl/N-ethyl adjacent to an activating group) is 1. The fourth-order valence-corrected chi connectivity index (χ4v) is 5.94. The Morgan fingerprint density at radius 2 is 1.77 bits per heavy atom. The van der Waals surface area contributed by atoms with Gasteiger partial charge in [-0.25, -0.2) is 4.79 Å². The van der Waals surface area contributed by atoms with E-state index in [0.29, 0.717) is 35.9 Å². The van der Waals surface area contributed by atoms with Crippen LogP contribution in [-0.2, 0) is 5.41 Å². The minimum absolute atomic E-state index is 0. The first-order valence-corrected chi connectivity index (χ1v) is 14.6. The quantitative estimate of drug-likeness (QED) is 0.192. The van der Waals surface area contributed by atoms with E-state index >= 15 is 0 Å². The topological polar surface area (TPSA) is 115 Å². The molecule has 0 spiro atoms. The van der Waals surface area contributed by atoms with Gasteiger partial charge < -0.3 is 20.1 Å². The lowest BCUT2D eigenvalue weighted by Crippen LogP contribution is -2.40. The summed E-state index contributed by atoms with van der Waals surface area (Å²) < 4.78 is 13.6. The summed E-state index contributed by atoms with van der Waals surface area (Å²) >= 11 is 0. The average Bonchev–Trinajstić information content (AvgIpc) is 3.40. The number of amides is 2. The molecule has 0 bridgehead atoms. The number of ether oxygens (including phenoxy) is 2. The van der Waals surface area contributed by atoms with Gasteiger partial charge in [-0.1, -0.05) is 51.1 Å². The van der Waals surface area contributed by atoms with Gasteiger partial charge in [0.15, 0.2) is 0 Å². The van der Waals surface area contributed by atoms with Crippen LogP contribution in [0.15, 0.2) is 60.8 Å². The highest BCUT2D eigenvalue weighted by molar-refractivity contribution is 5.91. The second-order valence-electron chi connectivity index (χ2n) is 12.3. The number of likely N-dealkylation sites (tertiary alicyclic amines) is 1. The van der Waals surface area contributed by atoms with Crippen LogP contribution < -0.4 is 25.6 Å². The van der Waals surface area contributed by atoms with E-state index in [4.69, 9.17) is 20.3 Å². The van der Waals surface area contributed by atoms with Crippen LogP contribution in [0.3, 0.4) is 0 Å². The molecule has 10 heteroatoms. The van der Waals surface area contributed by atoms with Gasteiger partial charge in [0.25, 0.3) is 0 Å². The van der Waals surface area contributed by atoms with Crippen molar-refractivity contribution in [2.45, 2.75) is 70.1 Å². The van der Waals surface area contributed by atoms with Gasteiger partial charge in [-0.05, 0) is 85.6 Å². The lowest BCUT2D eigenvalue weighted by atomic mass is 9.85. The van der Waals surface area contributed by atoms with E-state index in [1.807, 2.05) is 49.5 Å². The first-order valence-electron chi connectivity index (χ1n) is 14.6. The molecule has 2 unspecified atom stereocenters. The highest BCUT2D eigenvalue weighted by atomic mass is 35.5. The monoisotopic (exact) mass is 606 g/mol. The molecule has 43 heavy (non-hydrogen) atoms. The van der Waals surface area contributed by atoms with E-state index in [1.54, 1.807) is 30.0 Å². The van der Waals surface area contributed by atoms with Crippen LogP contribution in [0.5, 0.6) is 11.5 Å². The molecule has 230 valence electrons. The van der Waals surface area contributed by atoms with E-state index in [1.165, 1.54) is 0 Å². The van der Waals surface area contributed by atoms with Crippen LogP contribution in [0.4, 0.5) is 10.5 Å². The Labute approximate surface area is 260 Å². The molecule has 3 atom stereocenters. The summed E-state index contributed by atoms with van der Waals surface area (Å²) in [6.45, 7) is 7.36. The van der Waals surface area contributed by atoms with E-state index in [-0.39, 0.29) is 47.5 Å². The molecular weight excluding hydrogens is 564 g/mol. The van der Waals surface area contributed by atoms with Crippen molar-refractivity contribution in [1.82, 2.24) is 14.8 Å². The number of anilines is 1. The van der Waals surface area contributed by atoms with Gasteiger partial charge in [0.1, 0.15) is 28.9 Å². The zero-order chi connectivity index (χ0) is 30.0. The first-order chi connectivity index (χ1) is 20.0. The van der Waals surface area contributed by atoms with Gasteiger partial charge in [-0.3, -0.25) is 20.3 Å². The minimum atomic E-state index is -0.291. The molecule has 4 N–H and O–H groups in total. The van der Waals surface area contributed by atoms with Crippen LogP contribution in [-0.4, -0.2) is 48.1 Å². The summed E-state index contributed by atoms with van der Waals surface area (Å²) in [5.41, 5.74) is 3.97. The zero-order valence-electron chi connectivity index (χ0n) is 25.6. The Bertz CT molecular complexity index is 1530. The molecular formula is C33H43ClN6O3. The molecule has 1 aliphatic carbocycles. The number of carbonyl (C=O) groups is 1. The van der Waals surface area contributed by atoms with Gasteiger partial charge in [0, 0.05) is 0 Å². The molecule has 0 radical (unpaired) electrons. The van der Waals surface area contributed by atoms with Gasteiger partial charge in [0.2, 0.25) is 0 Å². The van der Waals surface area contributed by atoms with Crippen molar-refractivity contribution in [2.75, 3.05) is 26.0 Å². The van der Waals surface area contributed by atoms with Crippen molar-refractivity contribution in [3.63, 3.8) is 0 Å². The van der Waals surface area contributed by atoms with Crippen LogP contribution in [0, 0.1) is 10.8 Å². The van der Waals surface area contributed by atoms with Crippen molar-refractivity contribution in [1.29, 1.82) is 10.8 Å². The largest absolute Gasteiger partial charge is 0.495 e. The maximum Gasteiger partial charge on any atom is 0.319 e. The van der Waals surface area contributed by atoms with Gasteiger partial charge in [-0.15, -0.1) is 12.4 Å². The normalized spacial score (nSPS) is 20.0.